The molecule has 1 amide bonds. The summed E-state index contributed by atoms with van der Waals surface area (Å²) in [5.74, 6) is 0.470. The van der Waals surface area contributed by atoms with Gasteiger partial charge in [0.25, 0.3) is 0 Å². The minimum absolute atomic E-state index is 0.0358. The van der Waals surface area contributed by atoms with E-state index in [0.717, 1.165) is 10.9 Å². The Kier molecular flexibility index (Phi) is 4.15. The molecule has 1 heterocycles. The zero-order chi connectivity index (χ0) is 14.0. The predicted molar refractivity (Wildman–Crippen MR) is 79.4 cm³/mol. The van der Waals surface area contributed by atoms with E-state index in [0.29, 0.717) is 17.5 Å². The quantitative estimate of drug-likeness (QED) is 0.913. The molecule has 1 aromatic heterocycles. The molecule has 0 bridgehead atoms. The molecule has 0 saturated heterocycles. The Morgan fingerprint density at radius 3 is 2.74 bits per heavy atom. The molecule has 19 heavy (non-hydrogen) atoms. The van der Waals surface area contributed by atoms with Gasteiger partial charge >= 0.3 is 0 Å². The molecular weight excluding hydrogens is 260 g/mol. The van der Waals surface area contributed by atoms with Gasteiger partial charge in [0.1, 0.15) is 6.54 Å². The van der Waals surface area contributed by atoms with Gasteiger partial charge in [-0.05, 0) is 37.1 Å². The molecule has 2 rings (SSSR count). The molecule has 0 aliphatic rings. The van der Waals surface area contributed by atoms with Gasteiger partial charge in [0.15, 0.2) is 0 Å². The van der Waals surface area contributed by atoms with Gasteiger partial charge in [0.05, 0.1) is 0 Å². The van der Waals surface area contributed by atoms with E-state index in [9.17, 15) is 4.79 Å². The average molecular weight is 279 g/mol. The van der Waals surface area contributed by atoms with Crippen molar-refractivity contribution in [2.24, 2.45) is 5.92 Å². The fourth-order valence-corrected chi connectivity index (χ4v) is 2.11. The monoisotopic (exact) mass is 278 g/mol. The number of rotatable bonds is 4. The Labute approximate surface area is 118 Å². The second-order valence-corrected chi connectivity index (χ2v) is 5.68. The highest BCUT2D eigenvalue weighted by molar-refractivity contribution is 6.31. The molecular formula is C15H19ClN2O. The third kappa shape index (κ3) is 3.29. The highest BCUT2D eigenvalue weighted by Gasteiger charge is 2.12. The van der Waals surface area contributed by atoms with Gasteiger partial charge in [-0.25, -0.2) is 0 Å². The number of nitrogens with zero attached hydrogens (tertiary/aromatic N) is 1. The molecule has 1 unspecified atom stereocenters. The first-order chi connectivity index (χ1) is 8.97. The van der Waals surface area contributed by atoms with E-state index >= 15 is 0 Å². The van der Waals surface area contributed by atoms with Crippen LogP contribution < -0.4 is 5.32 Å². The summed E-state index contributed by atoms with van der Waals surface area (Å²) in [5, 5.41) is 4.77. The van der Waals surface area contributed by atoms with Crippen LogP contribution in [-0.4, -0.2) is 16.5 Å². The van der Waals surface area contributed by atoms with Gasteiger partial charge in [-0.2, -0.15) is 0 Å². The van der Waals surface area contributed by atoms with Crippen LogP contribution in [0.3, 0.4) is 0 Å². The number of benzene rings is 1. The van der Waals surface area contributed by atoms with Crippen LogP contribution in [0.5, 0.6) is 0 Å². The number of carbonyl (C=O) groups is 1. The molecule has 4 heteroatoms. The number of hydrogen-bond donors (Lipinski definition) is 1. The zero-order valence-electron chi connectivity index (χ0n) is 11.5. The number of carbonyl (C=O) groups excluding carboxylic acids is 1. The molecule has 2 aromatic rings. The summed E-state index contributed by atoms with van der Waals surface area (Å²) in [6.07, 6.45) is 1.92. The van der Waals surface area contributed by atoms with E-state index in [2.05, 4.69) is 19.2 Å². The number of fused-ring (bicyclic) bond motifs is 1. The first-order valence-electron chi connectivity index (χ1n) is 6.51. The van der Waals surface area contributed by atoms with Gasteiger partial charge in [-0.15, -0.1) is 0 Å². The molecule has 0 spiro atoms. The normalized spacial score (nSPS) is 12.9. The van der Waals surface area contributed by atoms with Gasteiger partial charge < -0.3 is 9.88 Å². The second kappa shape index (κ2) is 5.66. The van der Waals surface area contributed by atoms with Gasteiger partial charge in [0.2, 0.25) is 5.91 Å². The van der Waals surface area contributed by atoms with Crippen LogP contribution in [0.1, 0.15) is 20.8 Å². The Bertz CT molecular complexity index is 589. The SMILES string of the molecule is CC(C)C(C)NC(=O)Cn1ccc2cc(Cl)ccc21. The molecule has 3 nitrogen and oxygen atoms in total. The lowest BCUT2D eigenvalue weighted by Gasteiger charge is -2.17. The number of nitrogens with one attached hydrogen (secondary N) is 1. The summed E-state index contributed by atoms with van der Waals surface area (Å²) in [6, 6.07) is 7.85. The molecule has 0 aliphatic carbocycles. The summed E-state index contributed by atoms with van der Waals surface area (Å²) >= 11 is 5.95. The average Bonchev–Trinajstić information content (AvgIpc) is 2.71. The molecule has 0 saturated carbocycles. The van der Waals surface area contributed by atoms with Crippen LogP contribution in [0.2, 0.25) is 5.02 Å². The maximum Gasteiger partial charge on any atom is 0.240 e. The number of aromatic nitrogens is 1. The summed E-state index contributed by atoms with van der Waals surface area (Å²) in [6.45, 7) is 6.55. The van der Waals surface area contributed by atoms with Crippen molar-refractivity contribution < 1.29 is 4.79 Å². The Hall–Kier alpha value is -1.48. The Morgan fingerprint density at radius 1 is 1.32 bits per heavy atom. The Morgan fingerprint density at radius 2 is 2.05 bits per heavy atom. The van der Waals surface area contributed by atoms with Crippen LogP contribution in [0, 0.1) is 5.92 Å². The lowest BCUT2D eigenvalue weighted by Crippen LogP contribution is -2.38. The van der Waals surface area contributed by atoms with E-state index in [1.807, 2.05) is 42.0 Å². The van der Waals surface area contributed by atoms with Crippen LogP contribution >= 0.6 is 11.6 Å². The molecule has 0 aliphatic heterocycles. The van der Waals surface area contributed by atoms with Crippen LogP contribution in [0.15, 0.2) is 30.5 Å². The fourth-order valence-electron chi connectivity index (χ4n) is 1.93. The minimum atomic E-state index is 0.0358. The van der Waals surface area contributed by atoms with Crippen molar-refractivity contribution in [1.29, 1.82) is 0 Å². The lowest BCUT2D eigenvalue weighted by atomic mass is 10.1. The maximum absolute atomic E-state index is 12.0. The van der Waals surface area contributed by atoms with E-state index in [1.165, 1.54) is 0 Å². The summed E-state index contributed by atoms with van der Waals surface area (Å²) in [7, 11) is 0. The van der Waals surface area contributed by atoms with Crippen LogP contribution in [0.25, 0.3) is 10.9 Å². The van der Waals surface area contributed by atoms with Crippen molar-refractivity contribution in [1.82, 2.24) is 9.88 Å². The number of halogens is 1. The summed E-state index contributed by atoms with van der Waals surface area (Å²) < 4.78 is 1.94. The smallest absolute Gasteiger partial charge is 0.240 e. The lowest BCUT2D eigenvalue weighted by molar-refractivity contribution is -0.122. The predicted octanol–water partition coefficient (Wildman–Crippen LogP) is 3.46. The molecule has 0 radical (unpaired) electrons. The summed E-state index contributed by atoms with van der Waals surface area (Å²) in [5.41, 5.74) is 1.02. The van der Waals surface area contributed by atoms with E-state index in [1.54, 1.807) is 0 Å². The van der Waals surface area contributed by atoms with Crippen LogP contribution in [-0.2, 0) is 11.3 Å². The Balaban J connectivity index is 2.11. The van der Waals surface area contributed by atoms with Gasteiger partial charge in [-0.1, -0.05) is 25.4 Å². The largest absolute Gasteiger partial charge is 0.352 e. The van der Waals surface area contributed by atoms with E-state index < -0.39 is 0 Å². The van der Waals surface area contributed by atoms with E-state index in [4.69, 9.17) is 11.6 Å². The standard InChI is InChI=1S/C15H19ClN2O/c1-10(2)11(3)17-15(19)9-18-7-6-12-8-13(16)4-5-14(12)18/h4-8,10-11H,9H2,1-3H3,(H,17,19). The highest BCUT2D eigenvalue weighted by atomic mass is 35.5. The number of hydrogen-bond acceptors (Lipinski definition) is 1. The number of amides is 1. The maximum atomic E-state index is 12.0. The molecule has 1 atom stereocenters. The van der Waals surface area contributed by atoms with Crippen molar-refractivity contribution in [2.45, 2.75) is 33.4 Å². The van der Waals surface area contributed by atoms with Crippen molar-refractivity contribution in [2.75, 3.05) is 0 Å². The second-order valence-electron chi connectivity index (χ2n) is 5.25. The third-order valence-electron chi connectivity index (χ3n) is 3.44. The van der Waals surface area contributed by atoms with Gasteiger partial charge in [0, 0.05) is 28.2 Å². The first-order valence-corrected chi connectivity index (χ1v) is 6.89. The van der Waals surface area contributed by atoms with E-state index in [-0.39, 0.29) is 11.9 Å². The van der Waals surface area contributed by atoms with Crippen molar-refractivity contribution in [3.8, 4) is 0 Å². The van der Waals surface area contributed by atoms with Crippen molar-refractivity contribution in [3.63, 3.8) is 0 Å². The fraction of sp³-hybridized carbons (Fsp3) is 0.400. The molecule has 1 aromatic carbocycles. The first kappa shape index (κ1) is 13.9. The van der Waals surface area contributed by atoms with Crippen molar-refractivity contribution >= 4 is 28.4 Å². The van der Waals surface area contributed by atoms with Crippen LogP contribution in [0.4, 0.5) is 0 Å². The highest BCUT2D eigenvalue weighted by Crippen LogP contribution is 2.20. The topological polar surface area (TPSA) is 34.0 Å². The zero-order valence-corrected chi connectivity index (χ0v) is 12.2. The molecule has 1 N–H and O–H groups in total. The summed E-state index contributed by atoms with van der Waals surface area (Å²) in [4.78, 5) is 12.0. The third-order valence-corrected chi connectivity index (χ3v) is 3.67. The van der Waals surface area contributed by atoms with Gasteiger partial charge in [-0.3, -0.25) is 4.79 Å². The molecule has 102 valence electrons. The molecule has 0 fully saturated rings. The minimum Gasteiger partial charge on any atom is -0.352 e. The van der Waals surface area contributed by atoms with Crippen molar-refractivity contribution in [3.05, 3.63) is 35.5 Å².